The lowest BCUT2D eigenvalue weighted by Gasteiger charge is -2.35. The van der Waals surface area contributed by atoms with Crippen molar-refractivity contribution in [2.45, 2.75) is 38.1 Å². The third kappa shape index (κ3) is 3.47. The van der Waals surface area contributed by atoms with Gasteiger partial charge in [-0.05, 0) is 44.0 Å². The molecule has 1 aliphatic rings. The van der Waals surface area contributed by atoms with E-state index < -0.39 is 0 Å². The second-order valence-electron chi connectivity index (χ2n) is 5.32. The lowest BCUT2D eigenvalue weighted by molar-refractivity contribution is 0.152. The van der Waals surface area contributed by atoms with Gasteiger partial charge >= 0.3 is 0 Å². The average Bonchev–Trinajstić information content (AvgIpc) is 2.39. The molecule has 18 heavy (non-hydrogen) atoms. The number of benzene rings is 1. The molecule has 2 nitrogen and oxygen atoms in total. The van der Waals surface area contributed by atoms with E-state index in [1.54, 1.807) is 0 Å². The monoisotopic (exact) mass is 266 g/mol. The Morgan fingerprint density at radius 2 is 2.06 bits per heavy atom. The molecule has 0 aliphatic carbocycles. The standard InChI is InChI=1S/C15H23ClN2/c1-12-4-2-3-9-18(12)11-14(10-17)13-5-7-15(16)8-6-13/h5-8,12,14H,2-4,9-11,17H2,1H3. The minimum absolute atomic E-state index is 0.419. The molecule has 1 aromatic rings. The highest BCUT2D eigenvalue weighted by Gasteiger charge is 2.21. The quantitative estimate of drug-likeness (QED) is 0.906. The minimum atomic E-state index is 0.419. The van der Waals surface area contributed by atoms with Gasteiger partial charge in [0.15, 0.2) is 0 Å². The van der Waals surface area contributed by atoms with Crippen molar-refractivity contribution in [3.05, 3.63) is 34.9 Å². The van der Waals surface area contributed by atoms with Gasteiger partial charge in [-0.15, -0.1) is 0 Å². The Kier molecular flexibility index (Phi) is 5.04. The van der Waals surface area contributed by atoms with Gasteiger partial charge in [0.25, 0.3) is 0 Å². The van der Waals surface area contributed by atoms with Crippen LogP contribution in [0.15, 0.2) is 24.3 Å². The van der Waals surface area contributed by atoms with Crippen LogP contribution in [-0.2, 0) is 0 Å². The van der Waals surface area contributed by atoms with Crippen molar-refractivity contribution in [1.82, 2.24) is 4.90 Å². The van der Waals surface area contributed by atoms with E-state index in [9.17, 15) is 0 Å². The molecule has 2 atom stereocenters. The molecule has 2 N–H and O–H groups in total. The summed E-state index contributed by atoms with van der Waals surface area (Å²) in [6.07, 6.45) is 4.01. The maximum atomic E-state index is 5.95. The van der Waals surface area contributed by atoms with Crippen LogP contribution in [-0.4, -0.2) is 30.6 Å². The van der Waals surface area contributed by atoms with Crippen LogP contribution in [0.4, 0.5) is 0 Å². The van der Waals surface area contributed by atoms with Crippen molar-refractivity contribution in [3.8, 4) is 0 Å². The highest BCUT2D eigenvalue weighted by Crippen LogP contribution is 2.23. The Morgan fingerprint density at radius 1 is 1.33 bits per heavy atom. The number of likely N-dealkylation sites (tertiary alicyclic amines) is 1. The first-order chi connectivity index (χ1) is 8.70. The summed E-state index contributed by atoms with van der Waals surface area (Å²) in [5.41, 5.74) is 7.25. The van der Waals surface area contributed by atoms with E-state index in [1.807, 2.05) is 12.1 Å². The predicted octanol–water partition coefficient (Wildman–Crippen LogP) is 3.26. The van der Waals surface area contributed by atoms with E-state index in [0.717, 1.165) is 11.6 Å². The summed E-state index contributed by atoms with van der Waals surface area (Å²) in [4.78, 5) is 2.58. The van der Waals surface area contributed by atoms with E-state index in [-0.39, 0.29) is 0 Å². The molecule has 0 amide bonds. The van der Waals surface area contributed by atoms with Crippen molar-refractivity contribution in [1.29, 1.82) is 0 Å². The molecule has 100 valence electrons. The molecular formula is C15H23ClN2. The molecule has 1 fully saturated rings. The first kappa shape index (κ1) is 13.9. The molecule has 0 bridgehead atoms. The van der Waals surface area contributed by atoms with Gasteiger partial charge in [-0.2, -0.15) is 0 Å². The zero-order valence-electron chi connectivity index (χ0n) is 11.1. The smallest absolute Gasteiger partial charge is 0.0406 e. The Labute approximate surface area is 115 Å². The van der Waals surface area contributed by atoms with E-state index in [4.69, 9.17) is 17.3 Å². The first-order valence-corrected chi connectivity index (χ1v) is 7.28. The van der Waals surface area contributed by atoms with Crippen LogP contribution in [0, 0.1) is 0 Å². The van der Waals surface area contributed by atoms with Crippen molar-refractivity contribution >= 4 is 11.6 Å². The molecule has 1 aromatic carbocycles. The molecule has 0 spiro atoms. The minimum Gasteiger partial charge on any atom is -0.330 e. The normalized spacial score (nSPS) is 22.9. The lowest BCUT2D eigenvalue weighted by atomic mass is 9.95. The maximum absolute atomic E-state index is 5.95. The third-order valence-corrected chi connectivity index (χ3v) is 4.27. The van der Waals surface area contributed by atoms with Crippen LogP contribution in [0.3, 0.4) is 0 Å². The Bertz CT molecular complexity index is 363. The number of rotatable bonds is 4. The number of hydrogen-bond acceptors (Lipinski definition) is 2. The number of nitrogens with zero attached hydrogens (tertiary/aromatic N) is 1. The second-order valence-corrected chi connectivity index (χ2v) is 5.76. The fourth-order valence-electron chi connectivity index (χ4n) is 2.76. The lowest BCUT2D eigenvalue weighted by Crippen LogP contribution is -2.41. The van der Waals surface area contributed by atoms with Gasteiger partial charge < -0.3 is 10.6 Å². The highest BCUT2D eigenvalue weighted by molar-refractivity contribution is 6.30. The van der Waals surface area contributed by atoms with Gasteiger partial charge in [0, 0.05) is 30.1 Å². The van der Waals surface area contributed by atoms with Crippen molar-refractivity contribution < 1.29 is 0 Å². The van der Waals surface area contributed by atoms with Crippen molar-refractivity contribution in [3.63, 3.8) is 0 Å². The van der Waals surface area contributed by atoms with Crippen LogP contribution in [0.25, 0.3) is 0 Å². The fourth-order valence-corrected chi connectivity index (χ4v) is 2.89. The number of hydrogen-bond donors (Lipinski definition) is 1. The summed E-state index contributed by atoms with van der Waals surface area (Å²) in [6, 6.07) is 8.82. The van der Waals surface area contributed by atoms with Gasteiger partial charge in [0.1, 0.15) is 0 Å². The Hall–Kier alpha value is -0.570. The van der Waals surface area contributed by atoms with E-state index in [1.165, 1.54) is 31.4 Å². The van der Waals surface area contributed by atoms with Crippen molar-refractivity contribution in [2.75, 3.05) is 19.6 Å². The summed E-state index contributed by atoms with van der Waals surface area (Å²) < 4.78 is 0. The topological polar surface area (TPSA) is 29.3 Å². The molecule has 3 heteroatoms. The maximum Gasteiger partial charge on any atom is 0.0406 e. The summed E-state index contributed by atoms with van der Waals surface area (Å²) in [6.45, 7) is 5.31. The SMILES string of the molecule is CC1CCCCN1CC(CN)c1ccc(Cl)cc1. The van der Waals surface area contributed by atoms with Crippen LogP contribution in [0.2, 0.25) is 5.02 Å². The van der Waals surface area contributed by atoms with Gasteiger partial charge in [-0.1, -0.05) is 30.2 Å². The molecule has 2 rings (SSSR count). The number of nitrogens with two attached hydrogens (primary N) is 1. The molecular weight excluding hydrogens is 244 g/mol. The van der Waals surface area contributed by atoms with E-state index in [2.05, 4.69) is 24.0 Å². The molecule has 0 aromatic heterocycles. The van der Waals surface area contributed by atoms with Crippen LogP contribution in [0.5, 0.6) is 0 Å². The average molecular weight is 267 g/mol. The van der Waals surface area contributed by atoms with Crippen LogP contribution >= 0.6 is 11.6 Å². The summed E-state index contributed by atoms with van der Waals surface area (Å²) in [7, 11) is 0. The zero-order valence-corrected chi connectivity index (χ0v) is 11.9. The summed E-state index contributed by atoms with van der Waals surface area (Å²) >= 11 is 5.93. The van der Waals surface area contributed by atoms with E-state index in [0.29, 0.717) is 18.5 Å². The molecule has 1 aliphatic heterocycles. The van der Waals surface area contributed by atoms with E-state index >= 15 is 0 Å². The first-order valence-electron chi connectivity index (χ1n) is 6.90. The number of piperidine rings is 1. The second kappa shape index (κ2) is 6.55. The van der Waals surface area contributed by atoms with Crippen LogP contribution < -0.4 is 5.73 Å². The van der Waals surface area contributed by atoms with Gasteiger partial charge in [-0.25, -0.2) is 0 Å². The largest absolute Gasteiger partial charge is 0.330 e. The number of halogens is 1. The van der Waals surface area contributed by atoms with Crippen molar-refractivity contribution in [2.24, 2.45) is 5.73 Å². The Morgan fingerprint density at radius 3 is 2.67 bits per heavy atom. The zero-order chi connectivity index (χ0) is 13.0. The third-order valence-electron chi connectivity index (χ3n) is 4.02. The van der Waals surface area contributed by atoms with Gasteiger partial charge in [0.05, 0.1) is 0 Å². The Balaban J connectivity index is 2.02. The molecule has 0 saturated carbocycles. The summed E-state index contributed by atoms with van der Waals surface area (Å²) in [5, 5.41) is 0.792. The molecule has 0 radical (unpaired) electrons. The summed E-state index contributed by atoms with van der Waals surface area (Å²) in [5.74, 6) is 0.419. The fraction of sp³-hybridized carbons (Fsp3) is 0.600. The van der Waals surface area contributed by atoms with Gasteiger partial charge in [0.2, 0.25) is 0 Å². The molecule has 1 saturated heterocycles. The molecule has 1 heterocycles. The predicted molar refractivity (Wildman–Crippen MR) is 78.1 cm³/mol. The molecule has 2 unspecified atom stereocenters. The highest BCUT2D eigenvalue weighted by atomic mass is 35.5. The van der Waals surface area contributed by atoms with Crippen LogP contribution in [0.1, 0.15) is 37.7 Å². The van der Waals surface area contributed by atoms with Gasteiger partial charge in [-0.3, -0.25) is 0 Å².